The van der Waals surface area contributed by atoms with E-state index in [4.69, 9.17) is 0 Å². The molecule has 2 saturated carbocycles. The van der Waals surface area contributed by atoms with Crippen molar-refractivity contribution >= 4 is 15.9 Å². The molecule has 2 aliphatic rings. The summed E-state index contributed by atoms with van der Waals surface area (Å²) in [4.78, 5) is 0. The molecule has 0 nitrogen and oxygen atoms in total. The van der Waals surface area contributed by atoms with Crippen LogP contribution in [0.1, 0.15) is 26.2 Å². The lowest BCUT2D eigenvalue weighted by Gasteiger charge is -2.34. The molecule has 0 aromatic carbocycles. The Morgan fingerprint density at radius 2 is 2.36 bits per heavy atom. The van der Waals surface area contributed by atoms with Crippen LogP contribution >= 0.6 is 15.9 Å². The molecule has 0 saturated heterocycles. The van der Waals surface area contributed by atoms with Crippen LogP contribution in [-0.4, -0.2) is 5.33 Å². The van der Waals surface area contributed by atoms with Crippen LogP contribution in [0.15, 0.2) is 12.2 Å². The molecule has 3 atom stereocenters. The van der Waals surface area contributed by atoms with E-state index in [1.807, 2.05) is 0 Å². The summed E-state index contributed by atoms with van der Waals surface area (Å²) in [5, 5.41) is 1.11. The van der Waals surface area contributed by atoms with Gasteiger partial charge in [-0.05, 0) is 31.1 Å². The monoisotopic (exact) mass is 214 g/mol. The van der Waals surface area contributed by atoms with E-state index in [9.17, 15) is 0 Å². The fourth-order valence-electron chi connectivity index (χ4n) is 2.80. The van der Waals surface area contributed by atoms with Crippen molar-refractivity contribution in [2.24, 2.45) is 17.3 Å². The van der Waals surface area contributed by atoms with Gasteiger partial charge in [-0.15, -0.1) is 0 Å². The highest BCUT2D eigenvalue weighted by Crippen LogP contribution is 2.59. The zero-order valence-corrected chi connectivity index (χ0v) is 8.65. The van der Waals surface area contributed by atoms with Gasteiger partial charge in [-0.1, -0.05) is 35.0 Å². The summed E-state index contributed by atoms with van der Waals surface area (Å²) < 4.78 is 0. The Hall–Kier alpha value is 0.220. The SMILES string of the molecule is C=C1[C@H]2CC[C@H](C2)[C@@]1(C)CBr. The van der Waals surface area contributed by atoms with Gasteiger partial charge in [0.15, 0.2) is 0 Å². The van der Waals surface area contributed by atoms with Gasteiger partial charge in [-0.2, -0.15) is 0 Å². The Labute approximate surface area is 77.2 Å². The van der Waals surface area contributed by atoms with Gasteiger partial charge in [0.25, 0.3) is 0 Å². The predicted molar refractivity (Wildman–Crippen MR) is 51.9 cm³/mol. The lowest BCUT2D eigenvalue weighted by Crippen LogP contribution is -2.27. The molecule has 0 spiro atoms. The van der Waals surface area contributed by atoms with E-state index in [-0.39, 0.29) is 0 Å². The zero-order valence-electron chi connectivity index (χ0n) is 7.07. The van der Waals surface area contributed by atoms with Crippen molar-refractivity contribution in [3.05, 3.63) is 12.2 Å². The van der Waals surface area contributed by atoms with E-state index in [0.29, 0.717) is 5.41 Å². The molecule has 0 N–H and O–H groups in total. The maximum atomic E-state index is 4.23. The number of halogens is 1. The lowest BCUT2D eigenvalue weighted by atomic mass is 9.73. The number of alkyl halides is 1. The Morgan fingerprint density at radius 3 is 2.73 bits per heavy atom. The molecule has 11 heavy (non-hydrogen) atoms. The van der Waals surface area contributed by atoms with Crippen LogP contribution in [0.5, 0.6) is 0 Å². The van der Waals surface area contributed by atoms with Crippen LogP contribution in [0, 0.1) is 17.3 Å². The maximum absolute atomic E-state index is 4.23. The average Bonchev–Trinajstić information content (AvgIpc) is 2.56. The molecular weight excluding hydrogens is 200 g/mol. The standard InChI is InChI=1S/C10H15Br/c1-7-8-3-4-9(5-8)10(7,2)6-11/h8-9H,1,3-6H2,2H3/t8-,9+,10-/m0/s1. The second-order valence-electron chi connectivity index (χ2n) is 4.28. The molecule has 2 fully saturated rings. The van der Waals surface area contributed by atoms with E-state index in [0.717, 1.165) is 17.2 Å². The highest BCUT2D eigenvalue weighted by molar-refractivity contribution is 9.09. The van der Waals surface area contributed by atoms with Crippen LogP contribution in [0.25, 0.3) is 0 Å². The van der Waals surface area contributed by atoms with Crippen LogP contribution in [0.4, 0.5) is 0 Å². The highest BCUT2D eigenvalue weighted by Gasteiger charge is 2.49. The van der Waals surface area contributed by atoms with E-state index in [2.05, 4.69) is 29.4 Å². The molecule has 2 bridgehead atoms. The Bertz CT molecular complexity index is 197. The summed E-state index contributed by atoms with van der Waals surface area (Å²) >= 11 is 3.61. The minimum atomic E-state index is 0.433. The summed E-state index contributed by atoms with van der Waals surface area (Å²) in [5.41, 5.74) is 1.95. The van der Waals surface area contributed by atoms with Crippen molar-refractivity contribution in [3.8, 4) is 0 Å². The number of hydrogen-bond donors (Lipinski definition) is 0. The summed E-state index contributed by atoms with van der Waals surface area (Å²) in [6.45, 7) is 6.60. The first-order valence-electron chi connectivity index (χ1n) is 4.43. The smallest absolute Gasteiger partial charge is 0.0125 e. The van der Waals surface area contributed by atoms with E-state index >= 15 is 0 Å². The van der Waals surface area contributed by atoms with Crippen molar-refractivity contribution in [2.75, 3.05) is 5.33 Å². The zero-order chi connectivity index (χ0) is 8.06. The number of allylic oxidation sites excluding steroid dienone is 1. The third kappa shape index (κ3) is 0.867. The third-order valence-corrected chi connectivity index (χ3v) is 5.00. The van der Waals surface area contributed by atoms with Gasteiger partial charge in [0.2, 0.25) is 0 Å². The second-order valence-corrected chi connectivity index (χ2v) is 4.84. The Morgan fingerprint density at radius 1 is 1.64 bits per heavy atom. The molecule has 2 rings (SSSR count). The Balaban J connectivity index is 2.30. The van der Waals surface area contributed by atoms with Gasteiger partial charge in [0.1, 0.15) is 0 Å². The second kappa shape index (κ2) is 2.35. The Kier molecular flexibility index (Phi) is 1.68. The van der Waals surface area contributed by atoms with Crippen molar-refractivity contribution in [1.29, 1.82) is 0 Å². The minimum absolute atomic E-state index is 0.433. The van der Waals surface area contributed by atoms with Crippen LogP contribution < -0.4 is 0 Å². The van der Waals surface area contributed by atoms with Crippen molar-refractivity contribution in [3.63, 3.8) is 0 Å². The third-order valence-electron chi connectivity index (χ3n) is 3.84. The normalized spacial score (nSPS) is 48.7. The average molecular weight is 215 g/mol. The largest absolute Gasteiger partial charge is 0.0990 e. The topological polar surface area (TPSA) is 0 Å². The van der Waals surface area contributed by atoms with E-state index in [1.165, 1.54) is 24.8 Å². The molecule has 2 aliphatic carbocycles. The van der Waals surface area contributed by atoms with Crippen molar-refractivity contribution in [1.82, 2.24) is 0 Å². The summed E-state index contributed by atoms with van der Waals surface area (Å²) in [7, 11) is 0. The fraction of sp³-hybridized carbons (Fsp3) is 0.800. The number of rotatable bonds is 1. The molecule has 0 heterocycles. The molecule has 0 aliphatic heterocycles. The molecule has 0 aromatic heterocycles. The van der Waals surface area contributed by atoms with E-state index in [1.54, 1.807) is 0 Å². The molecular formula is C10H15Br. The first-order chi connectivity index (χ1) is 5.18. The molecule has 1 heteroatoms. The van der Waals surface area contributed by atoms with Gasteiger partial charge >= 0.3 is 0 Å². The molecule has 0 aromatic rings. The lowest BCUT2D eigenvalue weighted by molar-refractivity contribution is 0.298. The summed E-state index contributed by atoms with van der Waals surface area (Å²) in [5.74, 6) is 1.79. The first-order valence-corrected chi connectivity index (χ1v) is 5.56. The first kappa shape index (κ1) is 7.85. The van der Waals surface area contributed by atoms with Crippen LogP contribution in [-0.2, 0) is 0 Å². The quantitative estimate of drug-likeness (QED) is 0.464. The highest BCUT2D eigenvalue weighted by atomic mass is 79.9. The summed E-state index contributed by atoms with van der Waals surface area (Å²) in [6.07, 6.45) is 4.26. The minimum Gasteiger partial charge on any atom is -0.0990 e. The van der Waals surface area contributed by atoms with Gasteiger partial charge < -0.3 is 0 Å². The fourth-order valence-corrected chi connectivity index (χ4v) is 3.62. The van der Waals surface area contributed by atoms with Crippen molar-refractivity contribution in [2.45, 2.75) is 26.2 Å². The maximum Gasteiger partial charge on any atom is 0.0125 e. The van der Waals surface area contributed by atoms with Gasteiger partial charge in [-0.25, -0.2) is 0 Å². The van der Waals surface area contributed by atoms with Gasteiger partial charge in [0, 0.05) is 10.7 Å². The van der Waals surface area contributed by atoms with Crippen LogP contribution in [0.2, 0.25) is 0 Å². The van der Waals surface area contributed by atoms with Gasteiger partial charge in [0.05, 0.1) is 0 Å². The number of hydrogen-bond acceptors (Lipinski definition) is 0. The summed E-state index contributed by atoms with van der Waals surface area (Å²) in [6, 6.07) is 0. The molecule has 0 amide bonds. The number of fused-ring (bicyclic) bond motifs is 2. The molecule has 0 radical (unpaired) electrons. The van der Waals surface area contributed by atoms with Crippen LogP contribution in [0.3, 0.4) is 0 Å². The predicted octanol–water partition coefficient (Wildman–Crippen LogP) is 3.37. The van der Waals surface area contributed by atoms with Gasteiger partial charge in [-0.3, -0.25) is 0 Å². The molecule has 62 valence electrons. The molecule has 0 unspecified atom stereocenters. The van der Waals surface area contributed by atoms with E-state index < -0.39 is 0 Å². The van der Waals surface area contributed by atoms with Crippen molar-refractivity contribution < 1.29 is 0 Å².